The summed E-state index contributed by atoms with van der Waals surface area (Å²) >= 11 is 0. The molecule has 0 amide bonds. The van der Waals surface area contributed by atoms with E-state index in [4.69, 9.17) is 4.74 Å². The van der Waals surface area contributed by atoms with Crippen LogP contribution in [0.25, 0.3) is 0 Å². The fourth-order valence-electron chi connectivity index (χ4n) is 4.26. The Morgan fingerprint density at radius 3 is 2.68 bits per heavy atom. The van der Waals surface area contributed by atoms with Crippen molar-refractivity contribution in [3.63, 3.8) is 0 Å². The SMILES string of the molecule is OC[C@@H]1[C@@H](Cc2ccnc(COc3ccccc3)n2)[C@H](NCc2cccnc2)C[C@H]1O. The Labute approximate surface area is 182 Å². The third-order valence-electron chi connectivity index (χ3n) is 5.88. The minimum absolute atomic E-state index is 0.0496. The quantitative estimate of drug-likeness (QED) is 0.488. The van der Waals surface area contributed by atoms with E-state index in [0.717, 1.165) is 17.0 Å². The lowest BCUT2D eigenvalue weighted by Gasteiger charge is -2.25. The van der Waals surface area contributed by atoms with Gasteiger partial charge in [-0.25, -0.2) is 9.97 Å². The van der Waals surface area contributed by atoms with E-state index in [1.807, 2.05) is 54.7 Å². The number of rotatable bonds is 9. The van der Waals surface area contributed by atoms with Gasteiger partial charge >= 0.3 is 0 Å². The molecule has 31 heavy (non-hydrogen) atoms. The lowest BCUT2D eigenvalue weighted by Crippen LogP contribution is -2.36. The highest BCUT2D eigenvalue weighted by Gasteiger charge is 2.42. The molecular weight excluding hydrogens is 392 g/mol. The Hall–Kier alpha value is -2.87. The van der Waals surface area contributed by atoms with Crippen LogP contribution in [0.4, 0.5) is 0 Å². The monoisotopic (exact) mass is 420 g/mol. The second kappa shape index (κ2) is 10.4. The second-order valence-electron chi connectivity index (χ2n) is 7.93. The van der Waals surface area contributed by atoms with Gasteiger partial charge in [-0.3, -0.25) is 4.98 Å². The van der Waals surface area contributed by atoms with Crippen molar-refractivity contribution in [2.45, 2.75) is 38.1 Å². The highest BCUT2D eigenvalue weighted by molar-refractivity contribution is 5.21. The van der Waals surface area contributed by atoms with Gasteiger partial charge in [0.15, 0.2) is 5.82 Å². The number of pyridine rings is 1. The van der Waals surface area contributed by atoms with Crippen molar-refractivity contribution in [1.29, 1.82) is 0 Å². The fraction of sp³-hybridized carbons (Fsp3) is 0.375. The molecule has 2 heterocycles. The van der Waals surface area contributed by atoms with Crippen molar-refractivity contribution in [2.24, 2.45) is 11.8 Å². The molecule has 0 radical (unpaired) electrons. The standard InChI is InChI=1S/C24H28N4O3/c29-15-21-20(22(12-23(21)30)27-14-17-5-4-9-25-13-17)11-18-8-10-26-24(28-18)16-31-19-6-2-1-3-7-19/h1-10,13,20-23,27,29-30H,11-12,14-16H2/t20-,21-,22-,23-/m1/s1. The van der Waals surface area contributed by atoms with E-state index in [0.29, 0.717) is 25.2 Å². The zero-order valence-corrected chi connectivity index (χ0v) is 17.3. The Morgan fingerprint density at radius 2 is 1.90 bits per heavy atom. The maximum Gasteiger partial charge on any atom is 0.166 e. The zero-order valence-electron chi connectivity index (χ0n) is 17.3. The van der Waals surface area contributed by atoms with Crippen molar-refractivity contribution >= 4 is 0 Å². The maximum absolute atomic E-state index is 10.5. The van der Waals surface area contributed by atoms with Crippen LogP contribution in [-0.4, -0.2) is 43.9 Å². The molecule has 1 fully saturated rings. The normalized spacial score (nSPS) is 23.0. The molecule has 0 saturated heterocycles. The Kier molecular flexibility index (Phi) is 7.19. The number of benzene rings is 1. The topological polar surface area (TPSA) is 100 Å². The largest absolute Gasteiger partial charge is 0.486 e. The Bertz CT molecular complexity index is 942. The zero-order chi connectivity index (χ0) is 21.5. The highest BCUT2D eigenvalue weighted by atomic mass is 16.5. The van der Waals surface area contributed by atoms with E-state index < -0.39 is 6.10 Å². The van der Waals surface area contributed by atoms with Gasteiger partial charge in [0, 0.05) is 49.4 Å². The number of nitrogens with zero attached hydrogens (tertiary/aromatic N) is 3. The van der Waals surface area contributed by atoms with Crippen LogP contribution in [0.1, 0.15) is 23.5 Å². The predicted molar refractivity (Wildman–Crippen MR) is 116 cm³/mol. The highest BCUT2D eigenvalue weighted by Crippen LogP contribution is 2.34. The number of aromatic nitrogens is 3. The summed E-state index contributed by atoms with van der Waals surface area (Å²) in [5.41, 5.74) is 1.97. The van der Waals surface area contributed by atoms with Crippen LogP contribution in [0, 0.1) is 11.8 Å². The molecule has 1 aromatic carbocycles. The first-order chi connectivity index (χ1) is 15.2. The van der Waals surface area contributed by atoms with E-state index in [1.54, 1.807) is 12.4 Å². The third-order valence-corrected chi connectivity index (χ3v) is 5.88. The van der Waals surface area contributed by atoms with Crippen LogP contribution in [0.2, 0.25) is 0 Å². The first-order valence-electron chi connectivity index (χ1n) is 10.6. The van der Waals surface area contributed by atoms with Crippen molar-refractivity contribution in [1.82, 2.24) is 20.3 Å². The van der Waals surface area contributed by atoms with E-state index in [2.05, 4.69) is 20.3 Å². The first kappa shape index (κ1) is 21.4. The van der Waals surface area contributed by atoms with Gasteiger partial charge in [0.05, 0.1) is 6.10 Å². The maximum atomic E-state index is 10.5. The van der Waals surface area contributed by atoms with Gasteiger partial charge in [0.1, 0.15) is 12.4 Å². The number of nitrogens with one attached hydrogen (secondary N) is 1. The first-order valence-corrected chi connectivity index (χ1v) is 10.6. The minimum Gasteiger partial charge on any atom is -0.486 e. The van der Waals surface area contributed by atoms with Gasteiger partial charge in [0.2, 0.25) is 0 Å². The lowest BCUT2D eigenvalue weighted by molar-refractivity contribution is 0.0715. The van der Waals surface area contributed by atoms with E-state index in [1.165, 1.54) is 0 Å². The number of aliphatic hydroxyl groups excluding tert-OH is 2. The molecule has 0 spiro atoms. The summed E-state index contributed by atoms with van der Waals surface area (Å²) in [6.07, 6.45) is 6.04. The van der Waals surface area contributed by atoms with Crippen molar-refractivity contribution in [3.8, 4) is 5.75 Å². The third kappa shape index (κ3) is 5.64. The molecule has 7 heteroatoms. The van der Waals surface area contributed by atoms with E-state index >= 15 is 0 Å². The molecule has 1 aliphatic rings. The summed E-state index contributed by atoms with van der Waals surface area (Å²) in [6.45, 7) is 0.906. The van der Waals surface area contributed by atoms with Crippen LogP contribution < -0.4 is 10.1 Å². The molecule has 2 aromatic heterocycles. The summed E-state index contributed by atoms with van der Waals surface area (Å²) in [4.78, 5) is 13.1. The Morgan fingerprint density at radius 1 is 1.03 bits per heavy atom. The smallest absolute Gasteiger partial charge is 0.166 e. The summed E-state index contributed by atoms with van der Waals surface area (Å²) in [6, 6.07) is 15.5. The fourth-order valence-corrected chi connectivity index (χ4v) is 4.26. The van der Waals surface area contributed by atoms with Crippen LogP contribution in [0.5, 0.6) is 5.75 Å². The molecule has 1 saturated carbocycles. The van der Waals surface area contributed by atoms with Crippen LogP contribution in [0.3, 0.4) is 0 Å². The molecule has 3 N–H and O–H groups in total. The van der Waals surface area contributed by atoms with Crippen molar-refractivity contribution in [3.05, 3.63) is 84.2 Å². The lowest BCUT2D eigenvalue weighted by atomic mass is 9.88. The van der Waals surface area contributed by atoms with Gasteiger partial charge in [-0.15, -0.1) is 0 Å². The molecule has 162 valence electrons. The number of hydrogen-bond donors (Lipinski definition) is 3. The van der Waals surface area contributed by atoms with Gasteiger partial charge in [-0.1, -0.05) is 24.3 Å². The van der Waals surface area contributed by atoms with Crippen molar-refractivity contribution in [2.75, 3.05) is 6.61 Å². The summed E-state index contributed by atoms with van der Waals surface area (Å²) in [5.74, 6) is 1.26. The van der Waals surface area contributed by atoms with Crippen LogP contribution in [-0.2, 0) is 19.6 Å². The van der Waals surface area contributed by atoms with E-state index in [-0.39, 0.29) is 31.1 Å². The van der Waals surface area contributed by atoms with Gasteiger partial charge in [-0.05, 0) is 48.6 Å². The molecule has 4 rings (SSSR count). The average molecular weight is 421 g/mol. The number of hydrogen-bond acceptors (Lipinski definition) is 7. The van der Waals surface area contributed by atoms with Crippen molar-refractivity contribution < 1.29 is 14.9 Å². The predicted octanol–water partition coefficient (Wildman–Crippen LogP) is 2.14. The van der Waals surface area contributed by atoms with Crippen LogP contribution in [0.15, 0.2) is 67.1 Å². The minimum atomic E-state index is -0.538. The van der Waals surface area contributed by atoms with Gasteiger partial charge < -0.3 is 20.3 Å². The molecule has 3 aromatic rings. The number of ether oxygens (including phenoxy) is 1. The summed E-state index contributed by atoms with van der Waals surface area (Å²) in [7, 11) is 0. The molecule has 7 nitrogen and oxygen atoms in total. The summed E-state index contributed by atoms with van der Waals surface area (Å²) < 4.78 is 5.76. The molecule has 4 atom stereocenters. The molecule has 0 unspecified atom stereocenters. The number of para-hydroxylation sites is 1. The Balaban J connectivity index is 1.42. The van der Waals surface area contributed by atoms with Gasteiger partial charge in [0.25, 0.3) is 0 Å². The van der Waals surface area contributed by atoms with Crippen LogP contribution >= 0.6 is 0 Å². The van der Waals surface area contributed by atoms with E-state index in [9.17, 15) is 10.2 Å². The molecule has 0 bridgehead atoms. The number of aliphatic hydroxyl groups is 2. The molecule has 1 aliphatic carbocycles. The summed E-state index contributed by atoms with van der Waals surface area (Å²) in [5, 5.41) is 24.0. The second-order valence-corrected chi connectivity index (χ2v) is 7.93. The molecular formula is C24H28N4O3. The van der Waals surface area contributed by atoms with Gasteiger partial charge in [-0.2, -0.15) is 0 Å². The molecule has 0 aliphatic heterocycles. The average Bonchev–Trinajstić information content (AvgIpc) is 3.11.